The van der Waals surface area contributed by atoms with Crippen LogP contribution in [0.15, 0.2) is 24.3 Å². The van der Waals surface area contributed by atoms with Crippen LogP contribution in [0, 0.1) is 0 Å². The maximum absolute atomic E-state index is 3.56. The van der Waals surface area contributed by atoms with Crippen molar-refractivity contribution < 1.29 is 0 Å². The van der Waals surface area contributed by atoms with Crippen LogP contribution in [0.3, 0.4) is 0 Å². The second-order valence-electron chi connectivity index (χ2n) is 4.30. The van der Waals surface area contributed by atoms with E-state index in [2.05, 4.69) is 42.8 Å². The summed E-state index contributed by atoms with van der Waals surface area (Å²) in [7, 11) is 0. The lowest BCUT2D eigenvalue weighted by Gasteiger charge is -2.30. The molecule has 2 rings (SSSR count). The van der Waals surface area contributed by atoms with Crippen LogP contribution in [-0.2, 0) is 6.42 Å². The Bertz CT molecular complexity index is 324. The largest absolute Gasteiger partial charge is 0.315 e. The van der Waals surface area contributed by atoms with Gasteiger partial charge in [0.1, 0.15) is 0 Å². The molecule has 1 aromatic carbocycles. The maximum atomic E-state index is 3.56. The SMILES string of the molecule is CSC(C)CNCC1Cc2ccccc21. The minimum Gasteiger partial charge on any atom is -0.315 e. The van der Waals surface area contributed by atoms with Crippen LogP contribution in [0.4, 0.5) is 0 Å². The van der Waals surface area contributed by atoms with Gasteiger partial charge in [-0.05, 0) is 23.8 Å². The molecular weight excluding hydrogens is 202 g/mol. The number of fused-ring (bicyclic) bond motifs is 1. The molecule has 15 heavy (non-hydrogen) atoms. The van der Waals surface area contributed by atoms with Gasteiger partial charge in [-0.3, -0.25) is 0 Å². The molecule has 1 aromatic rings. The van der Waals surface area contributed by atoms with Gasteiger partial charge < -0.3 is 5.32 Å². The molecule has 2 unspecified atom stereocenters. The Morgan fingerprint density at radius 1 is 1.47 bits per heavy atom. The van der Waals surface area contributed by atoms with Gasteiger partial charge in [0, 0.05) is 24.3 Å². The fourth-order valence-electron chi connectivity index (χ4n) is 2.09. The molecule has 0 spiro atoms. The lowest BCUT2D eigenvalue weighted by molar-refractivity contribution is 0.537. The smallest absolute Gasteiger partial charge is 0.0141 e. The number of hydrogen-bond acceptors (Lipinski definition) is 2. The van der Waals surface area contributed by atoms with Crippen LogP contribution >= 0.6 is 11.8 Å². The van der Waals surface area contributed by atoms with Gasteiger partial charge in [-0.2, -0.15) is 11.8 Å². The van der Waals surface area contributed by atoms with E-state index in [0.717, 1.165) is 24.3 Å². The molecule has 2 heteroatoms. The highest BCUT2D eigenvalue weighted by molar-refractivity contribution is 7.99. The van der Waals surface area contributed by atoms with E-state index >= 15 is 0 Å². The van der Waals surface area contributed by atoms with Crippen LogP contribution in [-0.4, -0.2) is 24.6 Å². The second-order valence-corrected chi connectivity index (χ2v) is 5.58. The highest BCUT2D eigenvalue weighted by Gasteiger charge is 2.24. The van der Waals surface area contributed by atoms with Crippen molar-refractivity contribution in [3.05, 3.63) is 35.4 Å². The minimum atomic E-state index is 0.723. The Balaban J connectivity index is 1.75. The third kappa shape index (κ3) is 2.56. The summed E-state index contributed by atoms with van der Waals surface area (Å²) in [4.78, 5) is 0. The fraction of sp³-hybridized carbons (Fsp3) is 0.538. The van der Waals surface area contributed by atoms with Gasteiger partial charge in [-0.1, -0.05) is 31.2 Å². The first-order chi connectivity index (χ1) is 7.31. The molecule has 2 atom stereocenters. The predicted molar refractivity (Wildman–Crippen MR) is 68.7 cm³/mol. The molecule has 0 saturated heterocycles. The molecule has 1 aliphatic carbocycles. The first-order valence-electron chi connectivity index (χ1n) is 5.62. The summed E-state index contributed by atoms with van der Waals surface area (Å²) in [6, 6.07) is 8.80. The molecule has 0 bridgehead atoms. The standard InChI is InChI=1S/C13H19NS/c1-10(15-2)8-14-9-12-7-11-5-3-4-6-13(11)12/h3-6,10,12,14H,7-9H2,1-2H3. The average molecular weight is 221 g/mol. The summed E-state index contributed by atoms with van der Waals surface area (Å²) in [5.74, 6) is 0.759. The van der Waals surface area contributed by atoms with E-state index in [-0.39, 0.29) is 0 Å². The van der Waals surface area contributed by atoms with Gasteiger partial charge in [0.2, 0.25) is 0 Å². The van der Waals surface area contributed by atoms with E-state index in [4.69, 9.17) is 0 Å². The number of hydrogen-bond donors (Lipinski definition) is 1. The number of rotatable bonds is 5. The molecule has 0 radical (unpaired) electrons. The van der Waals surface area contributed by atoms with Crippen molar-refractivity contribution in [1.29, 1.82) is 0 Å². The van der Waals surface area contributed by atoms with Crippen LogP contribution in [0.5, 0.6) is 0 Å². The summed E-state index contributed by atoms with van der Waals surface area (Å²) < 4.78 is 0. The van der Waals surface area contributed by atoms with Gasteiger partial charge in [0.15, 0.2) is 0 Å². The van der Waals surface area contributed by atoms with E-state index in [1.165, 1.54) is 6.42 Å². The van der Waals surface area contributed by atoms with Crippen molar-refractivity contribution in [2.75, 3.05) is 19.3 Å². The van der Waals surface area contributed by atoms with E-state index in [1.54, 1.807) is 11.1 Å². The van der Waals surface area contributed by atoms with Crippen molar-refractivity contribution in [2.24, 2.45) is 0 Å². The third-order valence-corrected chi connectivity index (χ3v) is 4.16. The predicted octanol–water partition coefficient (Wildman–Crippen LogP) is 2.67. The topological polar surface area (TPSA) is 12.0 Å². The fourth-order valence-corrected chi connectivity index (χ4v) is 2.37. The van der Waals surface area contributed by atoms with Crippen LogP contribution in [0.25, 0.3) is 0 Å². The molecule has 0 aliphatic heterocycles. The Hall–Kier alpha value is -0.470. The Morgan fingerprint density at radius 3 is 3.00 bits per heavy atom. The van der Waals surface area contributed by atoms with E-state index in [1.807, 2.05) is 11.8 Å². The molecule has 1 nitrogen and oxygen atoms in total. The van der Waals surface area contributed by atoms with E-state index in [9.17, 15) is 0 Å². The average Bonchev–Trinajstić information content (AvgIpc) is 2.24. The van der Waals surface area contributed by atoms with E-state index in [0.29, 0.717) is 0 Å². The molecule has 0 fully saturated rings. The molecule has 1 aliphatic rings. The number of benzene rings is 1. The van der Waals surface area contributed by atoms with Crippen molar-refractivity contribution in [1.82, 2.24) is 5.32 Å². The van der Waals surface area contributed by atoms with Gasteiger partial charge in [-0.15, -0.1) is 0 Å². The van der Waals surface area contributed by atoms with Crippen molar-refractivity contribution in [2.45, 2.75) is 24.5 Å². The lowest BCUT2D eigenvalue weighted by Crippen LogP contribution is -2.32. The van der Waals surface area contributed by atoms with Crippen molar-refractivity contribution >= 4 is 11.8 Å². The van der Waals surface area contributed by atoms with E-state index < -0.39 is 0 Å². The van der Waals surface area contributed by atoms with Crippen molar-refractivity contribution in [3.8, 4) is 0 Å². The molecule has 0 aromatic heterocycles. The molecule has 0 amide bonds. The van der Waals surface area contributed by atoms with Gasteiger partial charge in [0.25, 0.3) is 0 Å². The molecule has 0 saturated carbocycles. The summed E-state index contributed by atoms with van der Waals surface area (Å²) in [6.07, 6.45) is 3.43. The molecule has 1 N–H and O–H groups in total. The molecule has 82 valence electrons. The Labute approximate surface area is 96.7 Å². The van der Waals surface area contributed by atoms with Crippen LogP contribution < -0.4 is 5.32 Å². The summed E-state index contributed by atoms with van der Waals surface area (Å²) in [6.45, 7) is 4.54. The zero-order valence-corrected chi connectivity index (χ0v) is 10.3. The van der Waals surface area contributed by atoms with Gasteiger partial charge in [0.05, 0.1) is 0 Å². The zero-order chi connectivity index (χ0) is 10.7. The highest BCUT2D eigenvalue weighted by atomic mass is 32.2. The lowest BCUT2D eigenvalue weighted by atomic mass is 9.77. The monoisotopic (exact) mass is 221 g/mol. The normalized spacial score (nSPS) is 20.5. The van der Waals surface area contributed by atoms with Gasteiger partial charge >= 0.3 is 0 Å². The molecule has 0 heterocycles. The van der Waals surface area contributed by atoms with Crippen molar-refractivity contribution in [3.63, 3.8) is 0 Å². The first kappa shape index (κ1) is 11.0. The Kier molecular flexibility index (Phi) is 3.71. The highest BCUT2D eigenvalue weighted by Crippen LogP contribution is 2.33. The maximum Gasteiger partial charge on any atom is 0.0141 e. The summed E-state index contributed by atoms with van der Waals surface area (Å²) in [5, 5.41) is 4.28. The minimum absolute atomic E-state index is 0.723. The number of nitrogens with one attached hydrogen (secondary N) is 1. The van der Waals surface area contributed by atoms with Crippen LogP contribution in [0.1, 0.15) is 24.0 Å². The second kappa shape index (κ2) is 5.04. The Morgan fingerprint density at radius 2 is 2.27 bits per heavy atom. The third-order valence-electron chi connectivity index (χ3n) is 3.19. The van der Waals surface area contributed by atoms with Gasteiger partial charge in [-0.25, -0.2) is 0 Å². The zero-order valence-electron chi connectivity index (χ0n) is 9.49. The molecular formula is C13H19NS. The number of thioether (sulfide) groups is 1. The van der Waals surface area contributed by atoms with Crippen LogP contribution in [0.2, 0.25) is 0 Å². The summed E-state index contributed by atoms with van der Waals surface area (Å²) >= 11 is 1.93. The first-order valence-corrected chi connectivity index (χ1v) is 6.91. The summed E-state index contributed by atoms with van der Waals surface area (Å²) in [5.41, 5.74) is 3.10. The quantitative estimate of drug-likeness (QED) is 0.820.